The van der Waals surface area contributed by atoms with E-state index in [0.29, 0.717) is 22.2 Å². The summed E-state index contributed by atoms with van der Waals surface area (Å²) in [5.41, 5.74) is 2.76. The molecule has 4 aromatic rings. The van der Waals surface area contributed by atoms with Gasteiger partial charge in [0.25, 0.3) is 0 Å². The van der Waals surface area contributed by atoms with Crippen molar-refractivity contribution in [2.24, 2.45) is 0 Å². The molecule has 2 N–H and O–H groups in total. The summed E-state index contributed by atoms with van der Waals surface area (Å²) in [6.45, 7) is 0. The monoisotopic (exact) mass is 421 g/mol. The fourth-order valence-corrected chi connectivity index (χ4v) is 3.83. The van der Waals surface area contributed by atoms with Crippen molar-refractivity contribution >= 4 is 56.4 Å². The molecule has 0 saturated heterocycles. The predicted molar refractivity (Wildman–Crippen MR) is 118 cm³/mol. The van der Waals surface area contributed by atoms with Crippen molar-refractivity contribution in [3.8, 4) is 10.6 Å². The van der Waals surface area contributed by atoms with Crippen molar-refractivity contribution in [1.82, 2.24) is 15.0 Å². The highest BCUT2D eigenvalue weighted by atomic mass is 32.1. The number of carbonyl (C=O) groups excluding carboxylic acids is 1. The number of para-hydroxylation sites is 1. The van der Waals surface area contributed by atoms with Gasteiger partial charge in [-0.15, -0.1) is 11.3 Å². The van der Waals surface area contributed by atoms with E-state index in [-0.39, 0.29) is 0 Å². The Hall–Kier alpha value is -3.43. The summed E-state index contributed by atoms with van der Waals surface area (Å²) in [6.07, 6.45) is 5.21. The molecule has 0 spiro atoms. The van der Waals surface area contributed by atoms with Crippen molar-refractivity contribution in [3.05, 3.63) is 66.6 Å². The first kappa shape index (κ1) is 18.9. The van der Waals surface area contributed by atoms with Crippen molar-refractivity contribution in [2.45, 2.75) is 0 Å². The Balaban J connectivity index is 1.52. The number of nitrogens with one attached hydrogen (secondary N) is 2. The molecule has 144 valence electrons. The third-order valence-electron chi connectivity index (χ3n) is 4.02. The average molecular weight is 422 g/mol. The Morgan fingerprint density at radius 3 is 2.83 bits per heavy atom. The van der Waals surface area contributed by atoms with Crippen LogP contribution in [0.4, 0.5) is 11.5 Å². The fourth-order valence-electron chi connectivity index (χ4n) is 2.69. The van der Waals surface area contributed by atoms with E-state index in [2.05, 4.69) is 25.6 Å². The first-order valence-electron chi connectivity index (χ1n) is 8.56. The quantitative estimate of drug-likeness (QED) is 0.371. The molecule has 1 aromatic carbocycles. The lowest BCUT2D eigenvalue weighted by atomic mass is 10.2. The van der Waals surface area contributed by atoms with Gasteiger partial charge < -0.3 is 15.4 Å². The van der Waals surface area contributed by atoms with Crippen molar-refractivity contribution < 1.29 is 9.53 Å². The second kappa shape index (κ2) is 8.29. The van der Waals surface area contributed by atoms with Gasteiger partial charge in [0.15, 0.2) is 5.11 Å². The number of nitrogens with zero attached hydrogens (tertiary/aromatic N) is 3. The lowest BCUT2D eigenvalue weighted by Crippen LogP contribution is -2.21. The van der Waals surface area contributed by atoms with Crippen LogP contribution in [-0.4, -0.2) is 33.1 Å². The summed E-state index contributed by atoms with van der Waals surface area (Å²) in [5.74, 6) is 0.120. The number of pyridine rings is 2. The molecule has 0 amide bonds. The van der Waals surface area contributed by atoms with E-state index in [1.807, 2.05) is 18.2 Å². The van der Waals surface area contributed by atoms with Crippen molar-refractivity contribution in [3.63, 3.8) is 0 Å². The minimum atomic E-state index is -0.443. The van der Waals surface area contributed by atoms with Crippen LogP contribution in [0.1, 0.15) is 10.4 Å². The second-order valence-electron chi connectivity index (χ2n) is 5.91. The molecule has 0 atom stereocenters. The number of hydrogen-bond acceptors (Lipinski definition) is 7. The molecule has 9 heteroatoms. The Morgan fingerprint density at radius 1 is 1.14 bits per heavy atom. The molecule has 3 aromatic heterocycles. The van der Waals surface area contributed by atoms with Crippen LogP contribution in [0.25, 0.3) is 20.8 Å². The number of aromatic nitrogens is 3. The molecule has 4 rings (SSSR count). The second-order valence-corrected chi connectivity index (χ2v) is 7.35. The normalized spacial score (nSPS) is 10.5. The summed E-state index contributed by atoms with van der Waals surface area (Å²) >= 11 is 6.94. The third-order valence-corrected chi connectivity index (χ3v) is 5.28. The zero-order valence-electron chi connectivity index (χ0n) is 15.2. The zero-order valence-corrected chi connectivity index (χ0v) is 16.9. The summed E-state index contributed by atoms with van der Waals surface area (Å²) in [4.78, 5) is 25.0. The number of hydrogen-bond donors (Lipinski definition) is 2. The molecule has 7 nitrogen and oxygen atoms in total. The van der Waals surface area contributed by atoms with Gasteiger partial charge >= 0.3 is 5.97 Å². The van der Waals surface area contributed by atoms with Gasteiger partial charge in [0.1, 0.15) is 10.8 Å². The van der Waals surface area contributed by atoms with Gasteiger partial charge in [-0.1, -0.05) is 12.1 Å². The molecular formula is C20H15N5O2S2. The molecule has 0 unspecified atom stereocenters. The topological polar surface area (TPSA) is 89.0 Å². The van der Waals surface area contributed by atoms with Crippen molar-refractivity contribution in [2.75, 3.05) is 17.7 Å². The van der Waals surface area contributed by atoms with Gasteiger partial charge in [-0.25, -0.2) is 14.8 Å². The molecule has 0 aliphatic heterocycles. The number of carbonyl (C=O) groups is 1. The number of thiocarbonyl (C=S) groups is 1. The lowest BCUT2D eigenvalue weighted by molar-refractivity contribution is 0.0602. The molecule has 0 bridgehead atoms. The van der Waals surface area contributed by atoms with E-state index in [1.54, 1.807) is 54.2 Å². The van der Waals surface area contributed by atoms with Crippen LogP contribution in [0.2, 0.25) is 0 Å². The number of rotatable bonds is 4. The first-order valence-corrected chi connectivity index (χ1v) is 9.79. The van der Waals surface area contributed by atoms with E-state index in [9.17, 15) is 4.79 Å². The van der Waals surface area contributed by atoms with Crippen LogP contribution in [0.3, 0.4) is 0 Å². The smallest absolute Gasteiger partial charge is 0.339 e. The van der Waals surface area contributed by atoms with E-state index >= 15 is 0 Å². The van der Waals surface area contributed by atoms with Gasteiger partial charge in [-0.2, -0.15) is 0 Å². The summed E-state index contributed by atoms with van der Waals surface area (Å²) in [6, 6.07) is 12.6. The highest BCUT2D eigenvalue weighted by Crippen LogP contribution is 2.30. The number of anilines is 2. The van der Waals surface area contributed by atoms with E-state index < -0.39 is 5.97 Å². The third kappa shape index (κ3) is 4.20. The van der Waals surface area contributed by atoms with Crippen LogP contribution < -0.4 is 10.6 Å². The highest BCUT2D eigenvalue weighted by molar-refractivity contribution is 7.80. The van der Waals surface area contributed by atoms with E-state index in [4.69, 9.17) is 17.0 Å². The highest BCUT2D eigenvalue weighted by Gasteiger charge is 2.13. The van der Waals surface area contributed by atoms with Gasteiger partial charge in [-0.05, 0) is 42.5 Å². The minimum Gasteiger partial charge on any atom is -0.465 e. The Bertz CT molecular complexity index is 1180. The summed E-state index contributed by atoms with van der Waals surface area (Å²) in [7, 11) is 1.34. The predicted octanol–water partition coefficient (Wildman–Crippen LogP) is 4.35. The van der Waals surface area contributed by atoms with Crippen LogP contribution in [0.5, 0.6) is 0 Å². The van der Waals surface area contributed by atoms with Gasteiger partial charge in [0.2, 0.25) is 0 Å². The van der Waals surface area contributed by atoms with Gasteiger partial charge in [0.05, 0.1) is 28.6 Å². The Labute approximate surface area is 175 Å². The maximum atomic E-state index is 11.9. The Kier molecular flexibility index (Phi) is 5.41. The minimum absolute atomic E-state index is 0.305. The standard InChI is InChI=1S/C20H15N5O2S2/c1-27-19(26)13-4-2-3-5-14(13)24-20(28)25-17-10-12(6-9-22-17)18-23-15-7-8-21-11-16(15)29-18/h2-11H,1H3,(H2,22,24,25,28). The van der Waals surface area contributed by atoms with Crippen molar-refractivity contribution in [1.29, 1.82) is 0 Å². The van der Waals surface area contributed by atoms with Crippen LogP contribution in [-0.2, 0) is 4.74 Å². The molecular weight excluding hydrogens is 406 g/mol. The molecule has 0 fully saturated rings. The number of ether oxygens (including phenoxy) is 1. The zero-order chi connectivity index (χ0) is 20.2. The SMILES string of the molecule is COC(=O)c1ccccc1NC(=S)Nc1cc(-c2nc3ccncc3s2)ccn1. The maximum Gasteiger partial charge on any atom is 0.339 e. The van der Waals surface area contributed by atoms with Crippen LogP contribution in [0, 0.1) is 0 Å². The largest absolute Gasteiger partial charge is 0.465 e. The first-order chi connectivity index (χ1) is 14.1. The summed E-state index contributed by atoms with van der Waals surface area (Å²) in [5, 5.41) is 7.23. The lowest BCUT2D eigenvalue weighted by Gasteiger charge is -2.13. The number of methoxy groups -OCH3 is 1. The summed E-state index contributed by atoms with van der Waals surface area (Å²) < 4.78 is 5.82. The molecule has 0 aliphatic rings. The van der Waals surface area contributed by atoms with Gasteiger partial charge in [-0.3, -0.25) is 4.98 Å². The van der Waals surface area contributed by atoms with Crippen LogP contribution in [0.15, 0.2) is 61.1 Å². The van der Waals surface area contributed by atoms with Crippen LogP contribution >= 0.6 is 23.6 Å². The van der Waals surface area contributed by atoms with E-state index in [1.165, 1.54) is 7.11 Å². The number of fused-ring (bicyclic) bond motifs is 1. The van der Waals surface area contributed by atoms with Gasteiger partial charge in [0, 0.05) is 24.2 Å². The molecule has 3 heterocycles. The molecule has 0 saturated carbocycles. The Morgan fingerprint density at radius 2 is 2.00 bits per heavy atom. The molecule has 0 aliphatic carbocycles. The number of thiazole rings is 1. The number of benzene rings is 1. The number of esters is 1. The molecule has 29 heavy (non-hydrogen) atoms. The fraction of sp³-hybridized carbons (Fsp3) is 0.0500. The molecule has 0 radical (unpaired) electrons. The average Bonchev–Trinajstić information content (AvgIpc) is 3.18. The van der Waals surface area contributed by atoms with E-state index in [0.717, 1.165) is 20.8 Å². The maximum absolute atomic E-state index is 11.9.